The van der Waals surface area contributed by atoms with E-state index in [2.05, 4.69) is 20.9 Å². The zero-order valence-corrected chi connectivity index (χ0v) is 19.0. The molecule has 13 heteroatoms. The molecule has 13 nitrogen and oxygen atoms in total. The molecule has 3 amide bonds. The number of hydrogen-bond acceptors (Lipinski definition) is 7. The number of aromatic amines is 1. The van der Waals surface area contributed by atoms with Gasteiger partial charge in [-0.25, -0.2) is 4.79 Å². The fourth-order valence-corrected chi connectivity index (χ4v) is 3.34. The van der Waals surface area contributed by atoms with E-state index in [1.165, 1.54) is 6.92 Å². The average molecular weight is 492 g/mol. The van der Waals surface area contributed by atoms with Crippen molar-refractivity contribution < 1.29 is 39.3 Å². The number of aliphatic hydroxyl groups excluding tert-OH is 1. The third-order valence-corrected chi connectivity index (χ3v) is 5.22. The molecule has 190 valence electrons. The quantitative estimate of drug-likeness (QED) is 0.162. The number of carbonyl (C=O) groups excluding carboxylic acids is 3. The Morgan fingerprint density at radius 1 is 1.06 bits per heavy atom. The summed E-state index contributed by atoms with van der Waals surface area (Å²) < 4.78 is 0. The zero-order chi connectivity index (χ0) is 26.1. The minimum atomic E-state index is -1.45. The van der Waals surface area contributed by atoms with Gasteiger partial charge in [0, 0.05) is 23.5 Å². The Morgan fingerprint density at radius 3 is 2.37 bits per heavy atom. The predicted octanol–water partition coefficient (Wildman–Crippen LogP) is -1.55. The third-order valence-electron chi connectivity index (χ3n) is 5.22. The van der Waals surface area contributed by atoms with Crippen molar-refractivity contribution in [2.75, 3.05) is 6.54 Å². The van der Waals surface area contributed by atoms with Crippen LogP contribution < -0.4 is 21.7 Å². The van der Waals surface area contributed by atoms with Gasteiger partial charge in [-0.3, -0.25) is 19.2 Å². The molecule has 0 aliphatic heterocycles. The number of nitrogens with one attached hydrogen (secondary N) is 4. The first-order chi connectivity index (χ1) is 16.5. The molecule has 4 atom stereocenters. The number of H-pyrrole nitrogens is 1. The summed E-state index contributed by atoms with van der Waals surface area (Å²) in [6.07, 6.45) is -0.247. The van der Waals surface area contributed by atoms with Crippen molar-refractivity contribution in [3.8, 4) is 0 Å². The van der Waals surface area contributed by atoms with E-state index >= 15 is 0 Å². The number of hydrogen-bond donors (Lipinski definition) is 8. The number of fused-ring (bicyclic) bond motifs is 1. The smallest absolute Gasteiger partial charge is 0.326 e. The van der Waals surface area contributed by atoms with E-state index in [4.69, 9.17) is 15.9 Å². The first kappa shape index (κ1) is 27.3. The number of aliphatic carboxylic acids is 2. The van der Waals surface area contributed by atoms with Gasteiger partial charge in [0.15, 0.2) is 0 Å². The third kappa shape index (κ3) is 8.08. The largest absolute Gasteiger partial charge is 0.481 e. The normalized spacial score (nSPS) is 14.4. The Kier molecular flexibility index (Phi) is 9.73. The summed E-state index contributed by atoms with van der Waals surface area (Å²) in [4.78, 5) is 61.9. The van der Waals surface area contributed by atoms with E-state index in [9.17, 15) is 29.1 Å². The highest BCUT2D eigenvalue weighted by atomic mass is 16.4. The van der Waals surface area contributed by atoms with Crippen LogP contribution >= 0.6 is 0 Å². The molecular weight excluding hydrogens is 462 g/mol. The van der Waals surface area contributed by atoms with Gasteiger partial charge in [-0.05, 0) is 31.4 Å². The first-order valence-corrected chi connectivity index (χ1v) is 10.8. The summed E-state index contributed by atoms with van der Waals surface area (Å²) in [5.41, 5.74) is 7.68. The molecule has 2 rings (SSSR count). The molecule has 0 fully saturated rings. The SMILES string of the molecule is CC(O)C(NC(=O)C(N)Cc1c[nH]c2ccccc12)C(=O)NCC(=O)NC(CCC(=O)O)C(=O)O. The summed E-state index contributed by atoms with van der Waals surface area (Å²) in [5, 5.41) is 35.3. The molecule has 0 aliphatic carbocycles. The van der Waals surface area contributed by atoms with Crippen LogP contribution in [0.2, 0.25) is 0 Å². The lowest BCUT2D eigenvalue weighted by molar-refractivity contribution is -0.143. The van der Waals surface area contributed by atoms with Gasteiger partial charge in [0.2, 0.25) is 17.7 Å². The lowest BCUT2D eigenvalue weighted by atomic mass is 10.0. The predicted molar refractivity (Wildman–Crippen MR) is 123 cm³/mol. The Bertz CT molecular complexity index is 1080. The van der Waals surface area contributed by atoms with Crippen LogP contribution in [0.4, 0.5) is 0 Å². The van der Waals surface area contributed by atoms with Gasteiger partial charge in [0.25, 0.3) is 0 Å². The molecule has 0 saturated carbocycles. The molecule has 2 aromatic rings. The second kappa shape index (κ2) is 12.5. The number of amides is 3. The molecular formula is C22H29N5O8. The van der Waals surface area contributed by atoms with Gasteiger partial charge in [0.05, 0.1) is 18.7 Å². The first-order valence-electron chi connectivity index (χ1n) is 10.8. The number of carbonyl (C=O) groups is 5. The van der Waals surface area contributed by atoms with Gasteiger partial charge in [-0.2, -0.15) is 0 Å². The summed E-state index contributed by atoms with van der Waals surface area (Å²) in [7, 11) is 0. The maximum absolute atomic E-state index is 12.6. The van der Waals surface area contributed by atoms with E-state index in [0.29, 0.717) is 0 Å². The number of aliphatic hydroxyl groups is 1. The van der Waals surface area contributed by atoms with Crippen LogP contribution in [-0.2, 0) is 30.4 Å². The molecule has 4 unspecified atom stereocenters. The van der Waals surface area contributed by atoms with E-state index in [0.717, 1.165) is 16.5 Å². The summed E-state index contributed by atoms with van der Waals surface area (Å²) in [6, 6.07) is 3.55. The van der Waals surface area contributed by atoms with Crippen LogP contribution in [-0.4, -0.2) is 80.7 Å². The zero-order valence-electron chi connectivity index (χ0n) is 19.0. The highest BCUT2D eigenvalue weighted by Crippen LogP contribution is 2.18. The number of rotatable bonds is 13. The van der Waals surface area contributed by atoms with Crippen LogP contribution in [0.1, 0.15) is 25.3 Å². The van der Waals surface area contributed by atoms with Crippen molar-refractivity contribution in [1.82, 2.24) is 20.9 Å². The van der Waals surface area contributed by atoms with Gasteiger partial charge in [-0.15, -0.1) is 0 Å². The van der Waals surface area contributed by atoms with E-state index in [-0.39, 0.29) is 12.8 Å². The van der Waals surface area contributed by atoms with Crippen molar-refractivity contribution in [2.45, 2.75) is 50.4 Å². The van der Waals surface area contributed by atoms with E-state index in [1.807, 2.05) is 24.3 Å². The number of para-hydroxylation sites is 1. The molecule has 0 saturated heterocycles. The van der Waals surface area contributed by atoms with E-state index < -0.39 is 66.9 Å². The molecule has 0 aliphatic rings. The van der Waals surface area contributed by atoms with Crippen LogP contribution in [0.25, 0.3) is 10.9 Å². The Balaban J connectivity index is 1.91. The summed E-state index contributed by atoms with van der Waals surface area (Å²) in [5.74, 6) is -5.12. The fraction of sp³-hybridized carbons (Fsp3) is 0.409. The second-order valence-corrected chi connectivity index (χ2v) is 8.01. The molecule has 1 aromatic heterocycles. The van der Waals surface area contributed by atoms with E-state index in [1.54, 1.807) is 6.20 Å². The summed E-state index contributed by atoms with van der Waals surface area (Å²) >= 11 is 0. The van der Waals surface area contributed by atoms with Crippen LogP contribution in [0, 0.1) is 0 Å². The number of nitrogens with two attached hydrogens (primary N) is 1. The van der Waals surface area contributed by atoms with Gasteiger partial charge >= 0.3 is 11.9 Å². The van der Waals surface area contributed by atoms with Crippen molar-refractivity contribution in [3.05, 3.63) is 36.0 Å². The highest BCUT2D eigenvalue weighted by molar-refractivity contribution is 5.93. The molecule has 35 heavy (non-hydrogen) atoms. The topological polar surface area (TPSA) is 224 Å². The van der Waals surface area contributed by atoms with Crippen LogP contribution in [0.3, 0.4) is 0 Å². The Morgan fingerprint density at radius 2 is 1.74 bits per heavy atom. The molecule has 0 radical (unpaired) electrons. The van der Waals surface area contributed by atoms with Gasteiger partial charge in [0.1, 0.15) is 12.1 Å². The van der Waals surface area contributed by atoms with Crippen molar-refractivity contribution in [1.29, 1.82) is 0 Å². The standard InChI is InChI=1S/C22H29N5O8/c1-11(28)19(21(33)25-10-17(29)26-16(22(34)35)6-7-18(30)31)27-20(32)14(23)8-12-9-24-15-5-3-2-4-13(12)15/h2-5,9,11,14,16,19,24,28H,6-8,10,23H2,1H3,(H,25,33)(H,26,29)(H,27,32)(H,30,31)(H,34,35). The van der Waals surface area contributed by atoms with Crippen molar-refractivity contribution in [3.63, 3.8) is 0 Å². The van der Waals surface area contributed by atoms with Crippen molar-refractivity contribution in [2.24, 2.45) is 5.73 Å². The maximum atomic E-state index is 12.6. The summed E-state index contributed by atoms with van der Waals surface area (Å²) in [6.45, 7) is 0.609. The fourth-order valence-electron chi connectivity index (χ4n) is 3.34. The Labute approximate surface area is 200 Å². The van der Waals surface area contributed by atoms with Crippen molar-refractivity contribution >= 4 is 40.6 Å². The van der Waals surface area contributed by atoms with Crippen LogP contribution in [0.15, 0.2) is 30.5 Å². The van der Waals surface area contributed by atoms with Crippen LogP contribution in [0.5, 0.6) is 0 Å². The molecule has 0 bridgehead atoms. The minimum absolute atomic E-state index is 0.166. The minimum Gasteiger partial charge on any atom is -0.481 e. The number of carboxylic acids is 2. The highest BCUT2D eigenvalue weighted by Gasteiger charge is 2.29. The number of carboxylic acid groups (broad SMARTS) is 2. The average Bonchev–Trinajstić information content (AvgIpc) is 3.20. The Hall–Kier alpha value is -3.97. The molecule has 0 spiro atoms. The monoisotopic (exact) mass is 491 g/mol. The molecule has 1 heterocycles. The number of benzene rings is 1. The second-order valence-electron chi connectivity index (χ2n) is 8.01. The van der Waals surface area contributed by atoms with Gasteiger partial charge in [-0.1, -0.05) is 18.2 Å². The maximum Gasteiger partial charge on any atom is 0.326 e. The number of aromatic nitrogens is 1. The molecule has 1 aromatic carbocycles. The van der Waals surface area contributed by atoms with Gasteiger partial charge < -0.3 is 42.0 Å². The lowest BCUT2D eigenvalue weighted by Gasteiger charge is -2.23. The lowest BCUT2D eigenvalue weighted by Crippen LogP contribution is -2.57. The molecule has 9 N–H and O–H groups in total.